The molecule has 1 unspecified atom stereocenters. The average Bonchev–Trinajstić information content (AvgIpc) is 3.28. The Morgan fingerprint density at radius 1 is 1.32 bits per heavy atom. The maximum Gasteiger partial charge on any atom is 0.0426 e. The first-order chi connectivity index (χ1) is 9.15. The fraction of sp³-hybridized carbons (Fsp3) is 0.625. The van der Waals surface area contributed by atoms with Gasteiger partial charge in [0.2, 0.25) is 0 Å². The molecule has 1 N–H and O–H groups in total. The molecule has 0 spiro atoms. The van der Waals surface area contributed by atoms with E-state index < -0.39 is 0 Å². The van der Waals surface area contributed by atoms with Gasteiger partial charge in [0.15, 0.2) is 0 Å². The highest BCUT2D eigenvalue weighted by Crippen LogP contribution is 2.37. The smallest absolute Gasteiger partial charge is 0.0426 e. The van der Waals surface area contributed by atoms with Crippen LogP contribution in [0.1, 0.15) is 38.2 Å². The van der Waals surface area contributed by atoms with Crippen LogP contribution in [0.3, 0.4) is 0 Å². The Balaban J connectivity index is 1.77. The normalized spacial score (nSPS) is 20.4. The van der Waals surface area contributed by atoms with Crippen molar-refractivity contribution in [3.05, 3.63) is 28.8 Å². The number of anilines is 1. The molecule has 1 aromatic rings. The lowest BCUT2D eigenvalue weighted by Crippen LogP contribution is -2.32. The molecule has 2 nitrogen and oxygen atoms in total. The molecule has 0 amide bonds. The van der Waals surface area contributed by atoms with Gasteiger partial charge in [-0.05, 0) is 56.2 Å². The second-order valence-corrected chi connectivity index (χ2v) is 6.55. The number of nitrogens with zero attached hydrogens (tertiary/aromatic N) is 1. The van der Waals surface area contributed by atoms with Gasteiger partial charge < -0.3 is 10.2 Å². The van der Waals surface area contributed by atoms with Gasteiger partial charge in [-0.1, -0.05) is 17.7 Å². The Morgan fingerprint density at radius 2 is 2.05 bits per heavy atom. The predicted octanol–water partition coefficient (Wildman–Crippen LogP) is 3.83. The summed E-state index contributed by atoms with van der Waals surface area (Å²) in [5, 5.41) is 4.43. The van der Waals surface area contributed by atoms with Gasteiger partial charge in [-0.2, -0.15) is 0 Å². The first-order valence-corrected chi connectivity index (χ1v) is 7.77. The molecule has 2 saturated carbocycles. The van der Waals surface area contributed by atoms with E-state index in [9.17, 15) is 0 Å². The molecule has 1 atom stereocenters. The topological polar surface area (TPSA) is 15.3 Å². The van der Waals surface area contributed by atoms with Crippen molar-refractivity contribution in [3.63, 3.8) is 0 Å². The summed E-state index contributed by atoms with van der Waals surface area (Å²) in [6.45, 7) is 3.29. The molecule has 2 aliphatic carbocycles. The zero-order chi connectivity index (χ0) is 13.4. The number of hydrogen-bond donors (Lipinski definition) is 1. The monoisotopic (exact) mass is 278 g/mol. The van der Waals surface area contributed by atoms with Crippen molar-refractivity contribution < 1.29 is 0 Å². The van der Waals surface area contributed by atoms with E-state index in [4.69, 9.17) is 11.6 Å². The Bertz CT molecular complexity index is 452. The summed E-state index contributed by atoms with van der Waals surface area (Å²) < 4.78 is 0. The van der Waals surface area contributed by atoms with Gasteiger partial charge in [0.25, 0.3) is 0 Å². The molecular formula is C16H23ClN2. The minimum absolute atomic E-state index is 0.609. The quantitative estimate of drug-likeness (QED) is 0.851. The highest BCUT2D eigenvalue weighted by atomic mass is 35.5. The van der Waals surface area contributed by atoms with Crippen LogP contribution in [0.4, 0.5) is 5.69 Å². The van der Waals surface area contributed by atoms with Crippen molar-refractivity contribution >= 4 is 17.3 Å². The van der Waals surface area contributed by atoms with E-state index >= 15 is 0 Å². The van der Waals surface area contributed by atoms with E-state index in [1.807, 2.05) is 6.07 Å². The van der Waals surface area contributed by atoms with Crippen LogP contribution in [-0.2, 0) is 6.54 Å². The third kappa shape index (κ3) is 3.24. The van der Waals surface area contributed by atoms with E-state index in [1.165, 1.54) is 36.9 Å². The Morgan fingerprint density at radius 3 is 2.68 bits per heavy atom. The van der Waals surface area contributed by atoms with Crippen LogP contribution in [-0.4, -0.2) is 19.1 Å². The van der Waals surface area contributed by atoms with Gasteiger partial charge in [0.1, 0.15) is 0 Å². The third-order valence-corrected chi connectivity index (χ3v) is 4.74. The summed E-state index contributed by atoms with van der Waals surface area (Å²) in [5.74, 6) is 0.869. The minimum atomic E-state index is 0.609. The SMILES string of the molecule is CC(C1CC1)N(C)c1cc(Cl)ccc1CNC1CC1. The predicted molar refractivity (Wildman–Crippen MR) is 81.9 cm³/mol. The Kier molecular flexibility index (Phi) is 3.72. The second kappa shape index (κ2) is 5.34. The summed E-state index contributed by atoms with van der Waals surface area (Å²) >= 11 is 6.19. The van der Waals surface area contributed by atoms with Gasteiger partial charge >= 0.3 is 0 Å². The first kappa shape index (κ1) is 13.3. The summed E-state index contributed by atoms with van der Waals surface area (Å²) in [6.07, 6.45) is 5.41. The van der Waals surface area contributed by atoms with E-state index in [1.54, 1.807) is 0 Å². The molecule has 0 radical (unpaired) electrons. The summed E-state index contributed by atoms with van der Waals surface area (Å²) in [7, 11) is 2.20. The van der Waals surface area contributed by atoms with E-state index in [0.29, 0.717) is 6.04 Å². The standard InChI is InChI=1S/C16H23ClN2/c1-11(12-3-4-12)19(2)16-9-14(17)6-5-13(16)10-18-15-7-8-15/h5-6,9,11-12,15,18H,3-4,7-8,10H2,1-2H3. The molecule has 0 bridgehead atoms. The van der Waals surface area contributed by atoms with Crippen LogP contribution in [0.15, 0.2) is 18.2 Å². The molecule has 19 heavy (non-hydrogen) atoms. The number of hydrogen-bond acceptors (Lipinski definition) is 2. The lowest BCUT2D eigenvalue weighted by Gasteiger charge is -2.29. The maximum absolute atomic E-state index is 6.19. The number of halogens is 1. The van der Waals surface area contributed by atoms with Gasteiger partial charge in [0, 0.05) is 36.4 Å². The summed E-state index contributed by atoms with van der Waals surface area (Å²) in [4.78, 5) is 2.41. The van der Waals surface area contributed by atoms with Gasteiger partial charge in [0.05, 0.1) is 0 Å². The zero-order valence-electron chi connectivity index (χ0n) is 11.8. The molecule has 0 aromatic heterocycles. The Hall–Kier alpha value is -0.730. The van der Waals surface area contributed by atoms with Gasteiger partial charge in [-0.25, -0.2) is 0 Å². The molecule has 104 valence electrons. The molecule has 0 heterocycles. The molecule has 0 aliphatic heterocycles. The highest BCUT2D eigenvalue weighted by molar-refractivity contribution is 6.30. The number of nitrogens with one attached hydrogen (secondary N) is 1. The highest BCUT2D eigenvalue weighted by Gasteiger charge is 2.31. The van der Waals surface area contributed by atoms with Crippen LogP contribution >= 0.6 is 11.6 Å². The van der Waals surface area contributed by atoms with Crippen molar-refractivity contribution in [1.29, 1.82) is 0 Å². The van der Waals surface area contributed by atoms with Gasteiger partial charge in [-0.3, -0.25) is 0 Å². The fourth-order valence-electron chi connectivity index (χ4n) is 2.67. The molecular weight excluding hydrogens is 256 g/mol. The fourth-order valence-corrected chi connectivity index (χ4v) is 2.84. The Labute approximate surface area is 121 Å². The summed E-state index contributed by atoms with van der Waals surface area (Å²) in [5.41, 5.74) is 2.66. The summed E-state index contributed by atoms with van der Waals surface area (Å²) in [6, 6.07) is 7.64. The molecule has 3 heteroatoms. The lowest BCUT2D eigenvalue weighted by molar-refractivity contribution is 0.603. The lowest BCUT2D eigenvalue weighted by atomic mass is 10.1. The van der Waals surface area contributed by atoms with Crippen LogP contribution in [0.2, 0.25) is 5.02 Å². The van der Waals surface area contributed by atoms with Crippen molar-refractivity contribution in [3.8, 4) is 0 Å². The van der Waals surface area contributed by atoms with Crippen molar-refractivity contribution in [1.82, 2.24) is 5.32 Å². The molecule has 1 aromatic carbocycles. The molecule has 0 saturated heterocycles. The molecule has 2 aliphatic rings. The van der Waals surface area contributed by atoms with Crippen molar-refractivity contribution in [2.45, 2.75) is 51.2 Å². The van der Waals surface area contributed by atoms with Crippen LogP contribution < -0.4 is 10.2 Å². The minimum Gasteiger partial charge on any atom is -0.371 e. The largest absolute Gasteiger partial charge is 0.371 e. The maximum atomic E-state index is 6.19. The van der Waals surface area contributed by atoms with E-state index in [-0.39, 0.29) is 0 Å². The second-order valence-electron chi connectivity index (χ2n) is 6.12. The van der Waals surface area contributed by atoms with E-state index in [2.05, 4.69) is 36.3 Å². The number of benzene rings is 1. The van der Waals surface area contributed by atoms with Crippen molar-refractivity contribution in [2.75, 3.05) is 11.9 Å². The zero-order valence-corrected chi connectivity index (χ0v) is 12.6. The van der Waals surface area contributed by atoms with E-state index in [0.717, 1.165) is 23.5 Å². The number of rotatable bonds is 6. The third-order valence-electron chi connectivity index (χ3n) is 4.50. The van der Waals surface area contributed by atoms with Crippen LogP contribution in [0, 0.1) is 5.92 Å². The molecule has 3 rings (SSSR count). The van der Waals surface area contributed by atoms with Crippen LogP contribution in [0.5, 0.6) is 0 Å². The average molecular weight is 279 g/mol. The van der Waals surface area contributed by atoms with Gasteiger partial charge in [-0.15, -0.1) is 0 Å². The molecule has 2 fully saturated rings. The van der Waals surface area contributed by atoms with Crippen molar-refractivity contribution in [2.24, 2.45) is 5.92 Å². The first-order valence-electron chi connectivity index (χ1n) is 7.40. The van der Waals surface area contributed by atoms with Crippen LogP contribution in [0.25, 0.3) is 0 Å².